The van der Waals surface area contributed by atoms with Crippen LogP contribution in [0.15, 0.2) is 36.5 Å². The smallest absolute Gasteiger partial charge is 0.0155 e. The Kier molecular flexibility index (Phi) is 1.54. The van der Waals surface area contributed by atoms with Crippen molar-refractivity contribution in [1.82, 2.24) is 0 Å². The van der Waals surface area contributed by atoms with Crippen molar-refractivity contribution in [2.45, 2.75) is 32.1 Å². The SMILES string of the molecule is C=C1CCC2(C1)C(=C)CCC2=C. The molecule has 0 aliphatic heterocycles. The van der Waals surface area contributed by atoms with Crippen LogP contribution in [0.5, 0.6) is 0 Å². The predicted molar refractivity (Wildman–Crippen MR) is 52.9 cm³/mol. The Morgan fingerprint density at radius 1 is 0.917 bits per heavy atom. The molecule has 0 heterocycles. The molecule has 0 bridgehead atoms. The van der Waals surface area contributed by atoms with E-state index < -0.39 is 0 Å². The lowest BCUT2D eigenvalue weighted by molar-refractivity contribution is 0.481. The zero-order chi connectivity index (χ0) is 8.77. The van der Waals surface area contributed by atoms with E-state index >= 15 is 0 Å². The van der Waals surface area contributed by atoms with Crippen LogP contribution in [0.4, 0.5) is 0 Å². The van der Waals surface area contributed by atoms with Crippen LogP contribution < -0.4 is 0 Å². The van der Waals surface area contributed by atoms with Crippen molar-refractivity contribution >= 4 is 0 Å². The summed E-state index contributed by atoms with van der Waals surface area (Å²) in [7, 11) is 0. The largest absolute Gasteiger partial charge is 0.0998 e. The van der Waals surface area contributed by atoms with E-state index in [1.165, 1.54) is 29.6 Å². The molecule has 2 saturated carbocycles. The normalized spacial score (nSPS) is 27.5. The highest BCUT2D eigenvalue weighted by molar-refractivity contribution is 5.37. The number of hydrogen-bond acceptors (Lipinski definition) is 0. The molecule has 64 valence electrons. The number of rotatable bonds is 0. The monoisotopic (exact) mass is 160 g/mol. The minimum absolute atomic E-state index is 0.289. The summed E-state index contributed by atoms with van der Waals surface area (Å²) >= 11 is 0. The van der Waals surface area contributed by atoms with Crippen LogP contribution in [-0.2, 0) is 0 Å². The molecular formula is C12H16. The van der Waals surface area contributed by atoms with E-state index in [2.05, 4.69) is 19.7 Å². The topological polar surface area (TPSA) is 0 Å². The third kappa shape index (κ3) is 0.841. The fraction of sp³-hybridized carbons (Fsp3) is 0.500. The average molecular weight is 160 g/mol. The maximum absolute atomic E-state index is 4.17. The van der Waals surface area contributed by atoms with Gasteiger partial charge in [-0.25, -0.2) is 0 Å². The molecule has 2 rings (SSSR count). The summed E-state index contributed by atoms with van der Waals surface area (Å²) in [6.45, 7) is 12.4. The first-order valence-corrected chi connectivity index (χ1v) is 4.68. The standard InChI is InChI=1S/C12H16/c1-9-6-7-12(8-9)10(2)4-5-11(12)3/h1-8H2. The third-order valence-electron chi connectivity index (χ3n) is 3.54. The number of hydrogen-bond donors (Lipinski definition) is 0. The van der Waals surface area contributed by atoms with Crippen LogP contribution in [0, 0.1) is 5.41 Å². The second-order valence-corrected chi connectivity index (χ2v) is 4.22. The lowest BCUT2D eigenvalue weighted by Gasteiger charge is -2.25. The maximum Gasteiger partial charge on any atom is 0.0155 e. The zero-order valence-corrected chi connectivity index (χ0v) is 7.66. The minimum Gasteiger partial charge on any atom is -0.0998 e. The van der Waals surface area contributed by atoms with Gasteiger partial charge in [0.2, 0.25) is 0 Å². The first kappa shape index (κ1) is 7.85. The summed E-state index contributed by atoms with van der Waals surface area (Å²) < 4.78 is 0. The van der Waals surface area contributed by atoms with Crippen molar-refractivity contribution in [3.05, 3.63) is 36.5 Å². The summed E-state index contributed by atoms with van der Waals surface area (Å²) in [4.78, 5) is 0. The lowest BCUT2D eigenvalue weighted by atomic mass is 9.78. The second kappa shape index (κ2) is 2.35. The van der Waals surface area contributed by atoms with Gasteiger partial charge < -0.3 is 0 Å². The molecule has 0 nitrogen and oxygen atoms in total. The van der Waals surface area contributed by atoms with Gasteiger partial charge in [0.05, 0.1) is 0 Å². The molecule has 0 heteroatoms. The van der Waals surface area contributed by atoms with E-state index in [1.54, 1.807) is 0 Å². The Morgan fingerprint density at radius 2 is 1.50 bits per heavy atom. The van der Waals surface area contributed by atoms with Gasteiger partial charge in [-0.05, 0) is 32.1 Å². The Labute approximate surface area is 74.7 Å². The van der Waals surface area contributed by atoms with Crippen molar-refractivity contribution in [2.75, 3.05) is 0 Å². The van der Waals surface area contributed by atoms with Gasteiger partial charge in [0.25, 0.3) is 0 Å². The Morgan fingerprint density at radius 3 is 1.92 bits per heavy atom. The van der Waals surface area contributed by atoms with Gasteiger partial charge in [0, 0.05) is 5.41 Å². The van der Waals surface area contributed by atoms with Crippen LogP contribution in [-0.4, -0.2) is 0 Å². The van der Waals surface area contributed by atoms with E-state index in [1.807, 2.05) is 0 Å². The van der Waals surface area contributed by atoms with Crippen molar-refractivity contribution in [1.29, 1.82) is 0 Å². The Bertz CT molecular complexity index is 252. The molecule has 2 aliphatic rings. The molecule has 1 spiro atoms. The molecular weight excluding hydrogens is 144 g/mol. The summed E-state index contributed by atoms with van der Waals surface area (Å²) in [6.07, 6.45) is 5.85. The van der Waals surface area contributed by atoms with Gasteiger partial charge in [0.1, 0.15) is 0 Å². The molecule has 2 fully saturated rings. The summed E-state index contributed by atoms with van der Waals surface area (Å²) in [5.41, 5.74) is 4.49. The maximum atomic E-state index is 4.17. The highest BCUT2D eigenvalue weighted by Crippen LogP contribution is 2.57. The van der Waals surface area contributed by atoms with Crippen LogP contribution in [0.25, 0.3) is 0 Å². The van der Waals surface area contributed by atoms with Crippen molar-refractivity contribution < 1.29 is 0 Å². The van der Waals surface area contributed by atoms with Gasteiger partial charge in [0.15, 0.2) is 0 Å². The van der Waals surface area contributed by atoms with Gasteiger partial charge in [-0.15, -0.1) is 0 Å². The van der Waals surface area contributed by atoms with E-state index in [0.717, 1.165) is 19.3 Å². The first-order valence-electron chi connectivity index (χ1n) is 4.68. The third-order valence-corrected chi connectivity index (χ3v) is 3.54. The molecule has 0 amide bonds. The number of allylic oxidation sites excluding steroid dienone is 3. The molecule has 12 heavy (non-hydrogen) atoms. The second-order valence-electron chi connectivity index (χ2n) is 4.22. The molecule has 0 saturated heterocycles. The molecule has 0 unspecified atom stereocenters. The summed E-state index contributed by atoms with van der Waals surface area (Å²) in [5, 5.41) is 0. The molecule has 0 aromatic rings. The Hall–Kier alpha value is -0.780. The fourth-order valence-corrected chi connectivity index (χ4v) is 2.63. The molecule has 0 radical (unpaired) electrons. The quantitative estimate of drug-likeness (QED) is 0.475. The van der Waals surface area contributed by atoms with Crippen molar-refractivity contribution in [3.63, 3.8) is 0 Å². The van der Waals surface area contributed by atoms with E-state index in [4.69, 9.17) is 0 Å². The highest BCUT2D eigenvalue weighted by atomic mass is 14.5. The van der Waals surface area contributed by atoms with Crippen molar-refractivity contribution in [3.8, 4) is 0 Å². The van der Waals surface area contributed by atoms with Crippen LogP contribution in [0.1, 0.15) is 32.1 Å². The summed E-state index contributed by atoms with van der Waals surface area (Å²) in [6, 6.07) is 0. The zero-order valence-electron chi connectivity index (χ0n) is 7.66. The molecule has 0 aromatic carbocycles. The average Bonchev–Trinajstić information content (AvgIpc) is 2.53. The van der Waals surface area contributed by atoms with E-state index in [0.29, 0.717) is 0 Å². The molecule has 0 N–H and O–H groups in total. The molecule has 0 atom stereocenters. The first-order chi connectivity index (χ1) is 5.65. The molecule has 0 aromatic heterocycles. The van der Waals surface area contributed by atoms with Gasteiger partial charge in [-0.2, -0.15) is 0 Å². The van der Waals surface area contributed by atoms with Crippen molar-refractivity contribution in [2.24, 2.45) is 5.41 Å². The van der Waals surface area contributed by atoms with Gasteiger partial charge >= 0.3 is 0 Å². The lowest BCUT2D eigenvalue weighted by Crippen LogP contribution is -2.14. The van der Waals surface area contributed by atoms with Crippen LogP contribution in [0.2, 0.25) is 0 Å². The minimum atomic E-state index is 0.289. The van der Waals surface area contributed by atoms with E-state index in [-0.39, 0.29) is 5.41 Å². The van der Waals surface area contributed by atoms with Crippen LogP contribution >= 0.6 is 0 Å². The molecule has 2 aliphatic carbocycles. The highest BCUT2D eigenvalue weighted by Gasteiger charge is 2.43. The summed E-state index contributed by atoms with van der Waals surface area (Å²) in [5.74, 6) is 0. The van der Waals surface area contributed by atoms with Gasteiger partial charge in [-0.3, -0.25) is 0 Å². The van der Waals surface area contributed by atoms with Crippen LogP contribution in [0.3, 0.4) is 0 Å². The predicted octanol–water partition coefficient (Wildman–Crippen LogP) is 3.62. The fourth-order valence-electron chi connectivity index (χ4n) is 2.63. The van der Waals surface area contributed by atoms with Gasteiger partial charge in [-0.1, -0.05) is 36.5 Å². The Balaban J connectivity index is 2.35. The van der Waals surface area contributed by atoms with E-state index in [9.17, 15) is 0 Å².